The summed E-state index contributed by atoms with van der Waals surface area (Å²) in [4.78, 5) is 11.6. The molecule has 0 unspecified atom stereocenters. The van der Waals surface area contributed by atoms with Crippen LogP contribution in [0.5, 0.6) is 0 Å². The van der Waals surface area contributed by atoms with Gasteiger partial charge in [0.05, 0.1) is 12.2 Å². The van der Waals surface area contributed by atoms with Gasteiger partial charge in [-0.15, -0.1) is 12.4 Å². The zero-order valence-corrected chi connectivity index (χ0v) is 12.2. The standard InChI is InChI=1S/C14H18N4O.ClH/c1-11-9-13(16-14(19)7-8-15)18(17-11)10-12-5-3-2-4-6-12;/h2-6,9H,7-8,10,15H2,1H3,(H,16,19);1H. The molecule has 108 valence electrons. The summed E-state index contributed by atoms with van der Waals surface area (Å²) in [6, 6.07) is 11.9. The molecular weight excluding hydrogens is 276 g/mol. The van der Waals surface area contributed by atoms with E-state index in [0.717, 1.165) is 11.3 Å². The lowest BCUT2D eigenvalue weighted by molar-refractivity contribution is -0.116. The van der Waals surface area contributed by atoms with E-state index in [2.05, 4.69) is 10.4 Å². The van der Waals surface area contributed by atoms with Crippen LogP contribution in [0.25, 0.3) is 0 Å². The topological polar surface area (TPSA) is 72.9 Å². The summed E-state index contributed by atoms with van der Waals surface area (Å²) < 4.78 is 1.79. The van der Waals surface area contributed by atoms with Crippen LogP contribution >= 0.6 is 12.4 Å². The molecule has 0 atom stereocenters. The molecule has 0 bridgehead atoms. The molecule has 1 aromatic heterocycles. The SMILES string of the molecule is Cc1cc(NC(=O)CCN)n(Cc2ccccc2)n1.Cl. The van der Waals surface area contributed by atoms with Gasteiger partial charge in [0.1, 0.15) is 5.82 Å². The van der Waals surface area contributed by atoms with Crippen molar-refractivity contribution in [2.45, 2.75) is 19.9 Å². The number of nitrogens with one attached hydrogen (secondary N) is 1. The number of amides is 1. The van der Waals surface area contributed by atoms with Crippen molar-refractivity contribution in [1.82, 2.24) is 9.78 Å². The minimum Gasteiger partial charge on any atom is -0.330 e. The van der Waals surface area contributed by atoms with Gasteiger partial charge in [-0.3, -0.25) is 4.79 Å². The Bertz CT molecular complexity index is 554. The Hall–Kier alpha value is -1.85. The maximum absolute atomic E-state index is 11.6. The number of anilines is 1. The smallest absolute Gasteiger partial charge is 0.226 e. The number of nitrogens with two attached hydrogens (primary N) is 1. The molecule has 5 nitrogen and oxygen atoms in total. The molecule has 3 N–H and O–H groups in total. The first-order valence-corrected chi connectivity index (χ1v) is 6.27. The lowest BCUT2D eigenvalue weighted by Crippen LogP contribution is -2.19. The number of aryl methyl sites for hydroxylation is 1. The molecule has 1 amide bonds. The largest absolute Gasteiger partial charge is 0.330 e. The molecule has 20 heavy (non-hydrogen) atoms. The van der Waals surface area contributed by atoms with Crippen LogP contribution in [0, 0.1) is 6.92 Å². The number of benzene rings is 1. The number of hydrogen-bond donors (Lipinski definition) is 2. The maximum atomic E-state index is 11.6. The zero-order chi connectivity index (χ0) is 13.7. The van der Waals surface area contributed by atoms with E-state index in [4.69, 9.17) is 5.73 Å². The molecule has 0 radical (unpaired) electrons. The molecular formula is C14H19ClN4O. The number of halogens is 1. The number of aromatic nitrogens is 2. The molecule has 0 fully saturated rings. The summed E-state index contributed by atoms with van der Waals surface area (Å²) in [5, 5.41) is 7.22. The first-order valence-electron chi connectivity index (χ1n) is 6.27. The Kier molecular flexibility index (Phi) is 6.21. The summed E-state index contributed by atoms with van der Waals surface area (Å²) in [7, 11) is 0. The van der Waals surface area contributed by atoms with E-state index < -0.39 is 0 Å². The number of rotatable bonds is 5. The van der Waals surface area contributed by atoms with Crippen molar-refractivity contribution in [3.63, 3.8) is 0 Å². The van der Waals surface area contributed by atoms with Gasteiger partial charge in [-0.2, -0.15) is 5.10 Å². The molecule has 0 aliphatic rings. The van der Waals surface area contributed by atoms with Crippen LogP contribution in [0.15, 0.2) is 36.4 Å². The minimum atomic E-state index is -0.0864. The van der Waals surface area contributed by atoms with Crippen molar-refractivity contribution in [1.29, 1.82) is 0 Å². The van der Waals surface area contributed by atoms with Gasteiger partial charge in [0.25, 0.3) is 0 Å². The lowest BCUT2D eigenvalue weighted by atomic mass is 10.2. The van der Waals surface area contributed by atoms with Crippen LogP contribution in [-0.2, 0) is 11.3 Å². The van der Waals surface area contributed by atoms with Gasteiger partial charge in [0.15, 0.2) is 0 Å². The third-order valence-electron chi connectivity index (χ3n) is 2.72. The van der Waals surface area contributed by atoms with Gasteiger partial charge in [-0.1, -0.05) is 30.3 Å². The van der Waals surface area contributed by atoms with Crippen molar-refractivity contribution in [2.75, 3.05) is 11.9 Å². The second-order valence-electron chi connectivity index (χ2n) is 4.40. The molecule has 2 aromatic rings. The third-order valence-corrected chi connectivity index (χ3v) is 2.72. The van der Waals surface area contributed by atoms with Gasteiger partial charge in [-0.05, 0) is 12.5 Å². The maximum Gasteiger partial charge on any atom is 0.226 e. The fourth-order valence-electron chi connectivity index (χ4n) is 1.86. The average Bonchev–Trinajstić information content (AvgIpc) is 2.71. The van der Waals surface area contributed by atoms with Gasteiger partial charge in [-0.25, -0.2) is 4.68 Å². The number of hydrogen-bond acceptors (Lipinski definition) is 3. The number of carbonyl (C=O) groups is 1. The molecule has 0 aliphatic heterocycles. The highest BCUT2D eigenvalue weighted by atomic mass is 35.5. The predicted octanol–water partition coefficient (Wildman–Crippen LogP) is 1.95. The second-order valence-corrected chi connectivity index (χ2v) is 4.40. The molecule has 2 rings (SSSR count). The predicted molar refractivity (Wildman–Crippen MR) is 82.1 cm³/mol. The van der Waals surface area contributed by atoms with E-state index in [1.165, 1.54) is 0 Å². The van der Waals surface area contributed by atoms with Crippen LogP contribution in [0.3, 0.4) is 0 Å². The van der Waals surface area contributed by atoms with Crippen LogP contribution in [0.4, 0.5) is 5.82 Å². The fourth-order valence-corrected chi connectivity index (χ4v) is 1.86. The molecule has 0 spiro atoms. The quantitative estimate of drug-likeness (QED) is 0.885. The van der Waals surface area contributed by atoms with Gasteiger partial charge in [0, 0.05) is 19.0 Å². The van der Waals surface area contributed by atoms with E-state index in [0.29, 0.717) is 25.3 Å². The van der Waals surface area contributed by atoms with Crippen LogP contribution in [-0.4, -0.2) is 22.2 Å². The fraction of sp³-hybridized carbons (Fsp3) is 0.286. The van der Waals surface area contributed by atoms with Crippen LogP contribution in [0.2, 0.25) is 0 Å². The van der Waals surface area contributed by atoms with E-state index >= 15 is 0 Å². The first-order chi connectivity index (χ1) is 9.19. The van der Waals surface area contributed by atoms with E-state index in [9.17, 15) is 4.79 Å². The van der Waals surface area contributed by atoms with Crippen molar-refractivity contribution in [3.8, 4) is 0 Å². The highest BCUT2D eigenvalue weighted by molar-refractivity contribution is 5.90. The molecule has 6 heteroatoms. The lowest BCUT2D eigenvalue weighted by Gasteiger charge is -2.08. The molecule has 0 saturated carbocycles. The Morgan fingerprint density at radius 1 is 1.35 bits per heavy atom. The molecule has 0 aliphatic carbocycles. The van der Waals surface area contributed by atoms with Gasteiger partial charge >= 0.3 is 0 Å². The van der Waals surface area contributed by atoms with Crippen molar-refractivity contribution in [2.24, 2.45) is 5.73 Å². The third kappa shape index (κ3) is 4.36. The first kappa shape index (κ1) is 16.2. The van der Waals surface area contributed by atoms with E-state index in [1.54, 1.807) is 4.68 Å². The van der Waals surface area contributed by atoms with Crippen molar-refractivity contribution < 1.29 is 4.79 Å². The Morgan fingerprint density at radius 2 is 2.05 bits per heavy atom. The number of nitrogens with zero attached hydrogens (tertiary/aromatic N) is 2. The molecule has 1 heterocycles. The minimum absolute atomic E-state index is 0. The molecule has 1 aromatic carbocycles. The second kappa shape index (κ2) is 7.67. The molecule has 0 saturated heterocycles. The normalized spacial score (nSPS) is 9.90. The monoisotopic (exact) mass is 294 g/mol. The zero-order valence-electron chi connectivity index (χ0n) is 11.4. The van der Waals surface area contributed by atoms with Crippen molar-refractivity contribution >= 4 is 24.1 Å². The average molecular weight is 295 g/mol. The van der Waals surface area contributed by atoms with Crippen molar-refractivity contribution in [3.05, 3.63) is 47.7 Å². The highest BCUT2D eigenvalue weighted by Gasteiger charge is 2.09. The summed E-state index contributed by atoms with van der Waals surface area (Å²) in [6.45, 7) is 2.88. The summed E-state index contributed by atoms with van der Waals surface area (Å²) in [6.07, 6.45) is 0.315. The van der Waals surface area contributed by atoms with E-state index in [1.807, 2.05) is 43.3 Å². The number of carbonyl (C=O) groups excluding carboxylic acids is 1. The van der Waals surface area contributed by atoms with Crippen LogP contribution < -0.4 is 11.1 Å². The Labute approximate surface area is 124 Å². The van der Waals surface area contributed by atoms with E-state index in [-0.39, 0.29) is 18.3 Å². The van der Waals surface area contributed by atoms with Gasteiger partial charge < -0.3 is 11.1 Å². The highest BCUT2D eigenvalue weighted by Crippen LogP contribution is 2.13. The summed E-state index contributed by atoms with van der Waals surface area (Å²) in [5.41, 5.74) is 7.38. The summed E-state index contributed by atoms with van der Waals surface area (Å²) in [5.74, 6) is 0.622. The Morgan fingerprint density at radius 3 is 2.70 bits per heavy atom. The summed E-state index contributed by atoms with van der Waals surface area (Å²) >= 11 is 0. The van der Waals surface area contributed by atoms with Gasteiger partial charge in [0.2, 0.25) is 5.91 Å². The Balaban J connectivity index is 0.00000200. The van der Waals surface area contributed by atoms with Crippen LogP contribution in [0.1, 0.15) is 17.7 Å².